The van der Waals surface area contributed by atoms with Gasteiger partial charge in [0.15, 0.2) is 23.3 Å². The number of benzene rings is 1. The van der Waals surface area contributed by atoms with Crippen LogP contribution in [0.3, 0.4) is 0 Å². The van der Waals surface area contributed by atoms with Crippen LogP contribution in [0.5, 0.6) is 0 Å². The molecular formula is C10H10F5N. The molecule has 0 radical (unpaired) electrons. The second kappa shape index (κ2) is 4.78. The summed E-state index contributed by atoms with van der Waals surface area (Å²) in [5.41, 5.74) is 4.41. The largest absolute Gasteiger partial charge is 0.324 e. The lowest BCUT2D eigenvalue weighted by Crippen LogP contribution is -2.17. The van der Waals surface area contributed by atoms with Gasteiger partial charge in [0.25, 0.3) is 0 Å². The van der Waals surface area contributed by atoms with Crippen molar-refractivity contribution >= 4 is 0 Å². The Bertz CT molecular complexity index is 376. The summed E-state index contributed by atoms with van der Waals surface area (Å²) in [7, 11) is 0. The molecule has 1 rings (SSSR count). The van der Waals surface area contributed by atoms with Crippen LogP contribution in [-0.2, 0) is 0 Å². The monoisotopic (exact) mass is 239 g/mol. The molecule has 0 heterocycles. The molecule has 0 saturated carbocycles. The summed E-state index contributed by atoms with van der Waals surface area (Å²) >= 11 is 0. The Morgan fingerprint density at radius 1 is 0.875 bits per heavy atom. The first-order valence-electron chi connectivity index (χ1n) is 4.68. The Balaban J connectivity index is 3.39. The third-order valence-corrected chi connectivity index (χ3v) is 2.21. The van der Waals surface area contributed by atoms with Crippen molar-refractivity contribution in [3.8, 4) is 0 Å². The van der Waals surface area contributed by atoms with Gasteiger partial charge in [-0.2, -0.15) is 0 Å². The van der Waals surface area contributed by atoms with Gasteiger partial charge in [-0.3, -0.25) is 0 Å². The lowest BCUT2D eigenvalue weighted by atomic mass is 10.0. The van der Waals surface area contributed by atoms with E-state index < -0.39 is 40.7 Å². The van der Waals surface area contributed by atoms with E-state index in [4.69, 9.17) is 5.73 Å². The van der Waals surface area contributed by atoms with Gasteiger partial charge in [0.05, 0.1) is 0 Å². The topological polar surface area (TPSA) is 26.0 Å². The molecule has 2 N–H and O–H groups in total. The molecule has 1 unspecified atom stereocenters. The molecule has 0 aromatic heterocycles. The van der Waals surface area contributed by atoms with E-state index in [2.05, 4.69) is 0 Å². The SMILES string of the molecule is CCCC(N)c1c(F)c(F)c(F)c(F)c1F. The highest BCUT2D eigenvalue weighted by Crippen LogP contribution is 2.28. The van der Waals surface area contributed by atoms with Crippen LogP contribution in [0.2, 0.25) is 0 Å². The maximum absolute atomic E-state index is 13.2. The fourth-order valence-electron chi connectivity index (χ4n) is 1.40. The summed E-state index contributed by atoms with van der Waals surface area (Å²) in [6, 6.07) is -1.20. The minimum atomic E-state index is -2.16. The second-order valence-corrected chi connectivity index (χ2v) is 3.38. The zero-order valence-corrected chi connectivity index (χ0v) is 8.46. The van der Waals surface area contributed by atoms with Crippen molar-refractivity contribution < 1.29 is 22.0 Å². The van der Waals surface area contributed by atoms with Crippen LogP contribution in [0.15, 0.2) is 0 Å². The molecule has 0 aliphatic heterocycles. The van der Waals surface area contributed by atoms with Crippen molar-refractivity contribution in [1.82, 2.24) is 0 Å². The molecule has 0 bridgehead atoms. The van der Waals surface area contributed by atoms with Gasteiger partial charge >= 0.3 is 0 Å². The average molecular weight is 239 g/mol. The number of hydrogen-bond donors (Lipinski definition) is 1. The minimum Gasteiger partial charge on any atom is -0.324 e. The van der Waals surface area contributed by atoms with E-state index in [1.807, 2.05) is 0 Å². The van der Waals surface area contributed by atoms with Crippen molar-refractivity contribution in [3.05, 3.63) is 34.6 Å². The molecule has 0 spiro atoms. The molecule has 90 valence electrons. The smallest absolute Gasteiger partial charge is 0.200 e. The highest BCUT2D eigenvalue weighted by atomic mass is 19.2. The summed E-state index contributed by atoms with van der Waals surface area (Å²) in [4.78, 5) is 0. The first-order chi connectivity index (χ1) is 7.41. The van der Waals surface area contributed by atoms with Gasteiger partial charge in [0, 0.05) is 11.6 Å². The van der Waals surface area contributed by atoms with E-state index >= 15 is 0 Å². The van der Waals surface area contributed by atoms with E-state index in [1.165, 1.54) is 0 Å². The summed E-state index contributed by atoms with van der Waals surface area (Å²) < 4.78 is 64.6. The second-order valence-electron chi connectivity index (χ2n) is 3.38. The Labute approximate surface area is 89.1 Å². The van der Waals surface area contributed by atoms with E-state index in [1.54, 1.807) is 6.92 Å². The molecule has 0 fully saturated rings. The number of halogens is 5. The van der Waals surface area contributed by atoms with Crippen molar-refractivity contribution in [2.45, 2.75) is 25.8 Å². The van der Waals surface area contributed by atoms with E-state index in [0.29, 0.717) is 6.42 Å². The first kappa shape index (κ1) is 12.9. The lowest BCUT2D eigenvalue weighted by molar-refractivity contribution is 0.362. The predicted molar refractivity (Wildman–Crippen MR) is 48.1 cm³/mol. The van der Waals surface area contributed by atoms with Gasteiger partial charge in [-0.05, 0) is 6.42 Å². The molecule has 0 saturated heterocycles. The van der Waals surface area contributed by atoms with Crippen LogP contribution in [0.1, 0.15) is 31.4 Å². The molecule has 0 aliphatic rings. The van der Waals surface area contributed by atoms with Crippen LogP contribution in [-0.4, -0.2) is 0 Å². The summed E-state index contributed by atoms with van der Waals surface area (Å²) in [5, 5.41) is 0. The first-order valence-corrected chi connectivity index (χ1v) is 4.68. The van der Waals surface area contributed by atoms with E-state index in [-0.39, 0.29) is 6.42 Å². The minimum absolute atomic E-state index is 0.137. The molecule has 1 nitrogen and oxygen atoms in total. The average Bonchev–Trinajstić information content (AvgIpc) is 2.24. The summed E-state index contributed by atoms with van der Waals surface area (Å²) in [5.74, 6) is -9.78. The van der Waals surface area contributed by atoms with Gasteiger partial charge in [0.2, 0.25) is 5.82 Å². The van der Waals surface area contributed by atoms with Crippen molar-refractivity contribution in [2.75, 3.05) is 0 Å². The standard InChI is InChI=1S/C10H10F5N/c1-2-3-4(16)5-6(11)8(13)10(15)9(14)7(5)12/h4H,2-3,16H2,1H3. The molecular weight excluding hydrogens is 229 g/mol. The van der Waals surface area contributed by atoms with Gasteiger partial charge in [-0.15, -0.1) is 0 Å². The highest BCUT2D eigenvalue weighted by molar-refractivity contribution is 5.26. The number of nitrogens with two attached hydrogens (primary N) is 1. The van der Waals surface area contributed by atoms with Gasteiger partial charge in [0.1, 0.15) is 0 Å². The zero-order valence-electron chi connectivity index (χ0n) is 8.46. The van der Waals surface area contributed by atoms with Crippen LogP contribution in [0.25, 0.3) is 0 Å². The van der Waals surface area contributed by atoms with E-state index in [9.17, 15) is 22.0 Å². The molecule has 1 atom stereocenters. The molecule has 0 aliphatic carbocycles. The number of hydrogen-bond acceptors (Lipinski definition) is 1. The normalized spacial score (nSPS) is 12.9. The molecule has 6 heteroatoms. The summed E-state index contributed by atoms with van der Waals surface area (Å²) in [6.07, 6.45) is 0.610. The number of rotatable bonds is 3. The van der Waals surface area contributed by atoms with Gasteiger partial charge in [-0.1, -0.05) is 13.3 Å². The van der Waals surface area contributed by atoms with Gasteiger partial charge < -0.3 is 5.73 Å². The quantitative estimate of drug-likeness (QED) is 0.489. The predicted octanol–water partition coefficient (Wildman–Crippen LogP) is 3.18. The van der Waals surface area contributed by atoms with Crippen molar-refractivity contribution in [3.63, 3.8) is 0 Å². The molecule has 16 heavy (non-hydrogen) atoms. The zero-order chi connectivity index (χ0) is 12.5. The fourth-order valence-corrected chi connectivity index (χ4v) is 1.40. The molecule has 0 amide bonds. The maximum atomic E-state index is 13.2. The molecule has 1 aromatic rings. The Morgan fingerprint density at radius 3 is 1.62 bits per heavy atom. The lowest BCUT2D eigenvalue weighted by Gasteiger charge is -2.14. The highest BCUT2D eigenvalue weighted by Gasteiger charge is 2.28. The van der Waals surface area contributed by atoms with E-state index in [0.717, 1.165) is 0 Å². The van der Waals surface area contributed by atoms with Crippen LogP contribution in [0, 0.1) is 29.1 Å². The Hall–Kier alpha value is -1.17. The van der Waals surface area contributed by atoms with Crippen molar-refractivity contribution in [1.29, 1.82) is 0 Å². The van der Waals surface area contributed by atoms with Crippen LogP contribution < -0.4 is 5.73 Å². The third kappa shape index (κ3) is 2.02. The Kier molecular flexibility index (Phi) is 3.85. The van der Waals surface area contributed by atoms with Gasteiger partial charge in [-0.25, -0.2) is 22.0 Å². The summed E-state index contributed by atoms with van der Waals surface area (Å²) in [6.45, 7) is 1.69. The maximum Gasteiger partial charge on any atom is 0.200 e. The Morgan fingerprint density at radius 2 is 1.25 bits per heavy atom. The fraction of sp³-hybridized carbons (Fsp3) is 0.400. The van der Waals surface area contributed by atoms with Crippen molar-refractivity contribution in [2.24, 2.45) is 5.73 Å². The molecule has 1 aromatic carbocycles. The van der Waals surface area contributed by atoms with Crippen LogP contribution in [0.4, 0.5) is 22.0 Å². The third-order valence-electron chi connectivity index (χ3n) is 2.21. The van der Waals surface area contributed by atoms with Crippen LogP contribution >= 0.6 is 0 Å².